The summed E-state index contributed by atoms with van der Waals surface area (Å²) in [5, 5.41) is 7.78. The van der Waals surface area contributed by atoms with Crippen molar-refractivity contribution in [2.24, 2.45) is 0 Å². The molecule has 0 spiro atoms. The monoisotopic (exact) mass is 246 g/mol. The summed E-state index contributed by atoms with van der Waals surface area (Å²) >= 11 is 0. The Hall–Kier alpha value is -1.62. The molecule has 3 rings (SSSR count). The van der Waals surface area contributed by atoms with Gasteiger partial charge in [-0.15, -0.1) is 5.10 Å². The van der Waals surface area contributed by atoms with Crippen molar-refractivity contribution >= 4 is 5.57 Å². The van der Waals surface area contributed by atoms with Gasteiger partial charge in [0.1, 0.15) is 0 Å². The number of hydrogen-bond acceptors (Lipinski definition) is 3. The van der Waals surface area contributed by atoms with E-state index in [0.29, 0.717) is 0 Å². The van der Waals surface area contributed by atoms with Crippen LogP contribution in [0.4, 0.5) is 0 Å². The molecule has 2 N–H and O–H groups in total. The number of nitrogens with one attached hydrogen (secondary N) is 2. The molecule has 0 unspecified atom stereocenters. The largest absolute Gasteiger partial charge is 0.343 e. The van der Waals surface area contributed by atoms with Crippen molar-refractivity contribution in [3.05, 3.63) is 34.5 Å². The second kappa shape index (κ2) is 4.94. The van der Waals surface area contributed by atoms with E-state index in [2.05, 4.69) is 21.5 Å². The van der Waals surface area contributed by atoms with Crippen LogP contribution in [0.2, 0.25) is 0 Å². The predicted molar refractivity (Wildman–Crippen MR) is 70.3 cm³/mol. The summed E-state index contributed by atoms with van der Waals surface area (Å²) in [6.07, 6.45) is 10.1. The summed E-state index contributed by atoms with van der Waals surface area (Å²) < 4.78 is 1.63. The fourth-order valence-corrected chi connectivity index (χ4v) is 2.58. The Morgan fingerprint density at radius 1 is 1.33 bits per heavy atom. The Morgan fingerprint density at radius 2 is 2.17 bits per heavy atom. The average Bonchev–Trinajstić information content (AvgIpc) is 2.83. The molecule has 0 amide bonds. The summed E-state index contributed by atoms with van der Waals surface area (Å²) in [6, 6.07) is 0.239. The summed E-state index contributed by atoms with van der Waals surface area (Å²) in [5.74, 6) is 0.739. The third-order valence-corrected chi connectivity index (χ3v) is 3.61. The van der Waals surface area contributed by atoms with Gasteiger partial charge in [0.25, 0.3) is 0 Å². The molecule has 1 aliphatic heterocycles. The fraction of sp³-hybridized carbons (Fsp3) is 0.538. The zero-order valence-corrected chi connectivity index (χ0v) is 10.4. The van der Waals surface area contributed by atoms with Gasteiger partial charge in [-0.05, 0) is 44.3 Å². The van der Waals surface area contributed by atoms with Crippen LogP contribution in [0.15, 0.2) is 23.0 Å². The molecular weight excluding hydrogens is 228 g/mol. The number of aromatic nitrogens is 3. The van der Waals surface area contributed by atoms with Crippen LogP contribution in [0.5, 0.6) is 0 Å². The van der Waals surface area contributed by atoms with E-state index in [0.717, 1.165) is 50.2 Å². The van der Waals surface area contributed by atoms with Gasteiger partial charge in [0, 0.05) is 0 Å². The van der Waals surface area contributed by atoms with Crippen molar-refractivity contribution in [2.75, 3.05) is 13.1 Å². The number of H-pyrrole nitrogens is 1. The Bertz CT molecular complexity index is 531. The minimum Gasteiger partial charge on any atom is -0.317 e. The molecule has 18 heavy (non-hydrogen) atoms. The van der Waals surface area contributed by atoms with E-state index in [4.69, 9.17) is 0 Å². The standard InChI is InChI=1S/C13H18N4O/c18-13-15-12(10-4-2-1-3-5-10)16-17(13)11-6-8-14-9-7-11/h1-2,4,11,14H,3,5-9H2,(H,15,16,18). The summed E-state index contributed by atoms with van der Waals surface area (Å²) in [4.78, 5) is 14.8. The highest BCUT2D eigenvalue weighted by Crippen LogP contribution is 2.21. The molecule has 1 saturated heterocycles. The highest BCUT2D eigenvalue weighted by atomic mass is 16.2. The van der Waals surface area contributed by atoms with Crippen LogP contribution in [0.3, 0.4) is 0 Å². The topological polar surface area (TPSA) is 62.7 Å². The van der Waals surface area contributed by atoms with Crippen molar-refractivity contribution in [1.82, 2.24) is 20.1 Å². The lowest BCUT2D eigenvalue weighted by atomic mass is 10.1. The van der Waals surface area contributed by atoms with E-state index in [1.165, 1.54) is 0 Å². The Labute approximate surface area is 106 Å². The molecule has 5 nitrogen and oxygen atoms in total. The molecule has 1 aromatic heterocycles. The van der Waals surface area contributed by atoms with Gasteiger partial charge in [-0.3, -0.25) is 4.98 Å². The second-order valence-corrected chi connectivity index (χ2v) is 4.86. The van der Waals surface area contributed by atoms with Gasteiger partial charge < -0.3 is 5.32 Å². The Morgan fingerprint density at radius 3 is 2.89 bits per heavy atom. The molecule has 96 valence electrons. The molecule has 2 heterocycles. The first-order chi connectivity index (χ1) is 8.84. The molecule has 0 bridgehead atoms. The molecule has 0 radical (unpaired) electrons. The molecule has 2 aliphatic rings. The van der Waals surface area contributed by atoms with E-state index in [9.17, 15) is 4.79 Å². The van der Waals surface area contributed by atoms with Crippen molar-refractivity contribution in [2.45, 2.75) is 31.7 Å². The van der Waals surface area contributed by atoms with E-state index in [1.807, 2.05) is 12.2 Å². The molecular formula is C13H18N4O. The van der Waals surface area contributed by atoms with E-state index >= 15 is 0 Å². The van der Waals surface area contributed by atoms with Crippen LogP contribution in [0.25, 0.3) is 5.57 Å². The molecule has 5 heteroatoms. The van der Waals surface area contributed by atoms with Crippen LogP contribution in [0, 0.1) is 0 Å². The molecule has 0 atom stereocenters. The van der Waals surface area contributed by atoms with Crippen molar-refractivity contribution in [3.63, 3.8) is 0 Å². The summed E-state index contributed by atoms with van der Waals surface area (Å²) in [5.41, 5.74) is 1.05. The van der Waals surface area contributed by atoms with E-state index in [-0.39, 0.29) is 11.7 Å². The molecule has 1 aliphatic carbocycles. The molecule has 0 aromatic carbocycles. The fourth-order valence-electron chi connectivity index (χ4n) is 2.58. The van der Waals surface area contributed by atoms with E-state index < -0.39 is 0 Å². The molecule has 0 saturated carbocycles. The second-order valence-electron chi connectivity index (χ2n) is 4.86. The van der Waals surface area contributed by atoms with Crippen LogP contribution < -0.4 is 11.0 Å². The Kier molecular flexibility index (Phi) is 3.15. The highest BCUT2D eigenvalue weighted by Gasteiger charge is 2.20. The first-order valence-electron chi connectivity index (χ1n) is 6.60. The zero-order chi connectivity index (χ0) is 12.4. The predicted octanol–water partition coefficient (Wildman–Crippen LogP) is 1.23. The zero-order valence-electron chi connectivity index (χ0n) is 10.4. The maximum atomic E-state index is 12.0. The van der Waals surface area contributed by atoms with Crippen molar-refractivity contribution in [1.29, 1.82) is 0 Å². The number of aromatic amines is 1. The maximum absolute atomic E-state index is 12.0. The lowest BCUT2D eigenvalue weighted by molar-refractivity contribution is 0.335. The molecule has 1 fully saturated rings. The van der Waals surface area contributed by atoms with Gasteiger partial charge in [-0.1, -0.05) is 18.2 Å². The van der Waals surface area contributed by atoms with Gasteiger partial charge in [-0.25, -0.2) is 9.48 Å². The smallest absolute Gasteiger partial charge is 0.317 e. The third kappa shape index (κ3) is 2.18. The lowest BCUT2D eigenvalue weighted by Crippen LogP contribution is -2.33. The SMILES string of the molecule is O=c1[nH]c(C2=CC=CCC2)nn1C1CCNCC1. The number of hydrogen-bond donors (Lipinski definition) is 2. The van der Waals surface area contributed by atoms with Gasteiger partial charge in [0.2, 0.25) is 0 Å². The number of piperidine rings is 1. The highest BCUT2D eigenvalue weighted by molar-refractivity contribution is 5.62. The minimum atomic E-state index is -0.0765. The normalized spacial score (nSPS) is 21.0. The number of rotatable bonds is 2. The van der Waals surface area contributed by atoms with Gasteiger partial charge in [-0.2, -0.15) is 0 Å². The molecule has 1 aromatic rings. The van der Waals surface area contributed by atoms with Crippen molar-refractivity contribution < 1.29 is 0 Å². The first-order valence-corrected chi connectivity index (χ1v) is 6.60. The van der Waals surface area contributed by atoms with Crippen LogP contribution in [0.1, 0.15) is 37.5 Å². The minimum absolute atomic E-state index is 0.0765. The van der Waals surface area contributed by atoms with Crippen LogP contribution in [-0.2, 0) is 0 Å². The summed E-state index contributed by atoms with van der Waals surface area (Å²) in [6.45, 7) is 1.93. The van der Waals surface area contributed by atoms with Gasteiger partial charge in [0.15, 0.2) is 5.82 Å². The first kappa shape index (κ1) is 11.5. The third-order valence-electron chi connectivity index (χ3n) is 3.61. The van der Waals surface area contributed by atoms with Gasteiger partial charge >= 0.3 is 5.69 Å². The van der Waals surface area contributed by atoms with Gasteiger partial charge in [0.05, 0.1) is 6.04 Å². The average molecular weight is 246 g/mol. The number of allylic oxidation sites excluding steroid dienone is 4. The van der Waals surface area contributed by atoms with Crippen molar-refractivity contribution in [3.8, 4) is 0 Å². The van der Waals surface area contributed by atoms with Crippen LogP contribution >= 0.6 is 0 Å². The van der Waals surface area contributed by atoms with E-state index in [1.54, 1.807) is 4.68 Å². The quantitative estimate of drug-likeness (QED) is 0.825. The number of nitrogens with zero attached hydrogens (tertiary/aromatic N) is 2. The van der Waals surface area contributed by atoms with Crippen LogP contribution in [-0.4, -0.2) is 27.9 Å². The lowest BCUT2D eigenvalue weighted by Gasteiger charge is -2.21. The maximum Gasteiger partial charge on any atom is 0.343 e. The Balaban J connectivity index is 1.88. The summed E-state index contributed by atoms with van der Waals surface area (Å²) in [7, 11) is 0.